The number of pyridine rings is 1. The number of alkyl halides is 3. The molecule has 0 aliphatic rings. The van der Waals surface area contributed by atoms with Gasteiger partial charge in [-0.3, -0.25) is 0 Å². The Morgan fingerprint density at radius 3 is 2.20 bits per heavy atom. The zero-order valence-corrected chi connectivity index (χ0v) is 11.7. The van der Waals surface area contributed by atoms with E-state index in [0.717, 1.165) is 0 Å². The average molecular weight is 345 g/mol. The first-order valence-corrected chi connectivity index (χ1v) is 6.22. The van der Waals surface area contributed by atoms with Gasteiger partial charge in [0.25, 0.3) is 0 Å². The zero-order chi connectivity index (χ0) is 15.1. The second-order valence-corrected chi connectivity index (χ2v) is 4.97. The quantitative estimate of drug-likeness (QED) is 0.358. The molecule has 0 aliphatic carbocycles. The first-order valence-electron chi connectivity index (χ1n) is 5.08. The lowest BCUT2D eigenvalue weighted by Gasteiger charge is -2.12. The first kappa shape index (κ1) is 15.4. The van der Waals surface area contributed by atoms with Crippen molar-refractivity contribution in [3.63, 3.8) is 0 Å². The number of aromatic nitrogens is 1. The molecule has 2 rings (SSSR count). The third kappa shape index (κ3) is 2.85. The van der Waals surface area contributed by atoms with Crippen molar-refractivity contribution in [1.82, 2.24) is 4.98 Å². The van der Waals surface area contributed by atoms with Gasteiger partial charge in [0.2, 0.25) is 5.95 Å². The summed E-state index contributed by atoms with van der Waals surface area (Å²) in [4.78, 5) is 3.09. The molecular weight excluding hydrogens is 340 g/mol. The topological polar surface area (TPSA) is 12.9 Å². The molecule has 2 aromatic rings. The molecule has 0 saturated carbocycles. The zero-order valence-electron chi connectivity index (χ0n) is 9.40. The van der Waals surface area contributed by atoms with Gasteiger partial charge in [0.15, 0.2) is 0 Å². The lowest BCUT2D eigenvalue weighted by atomic mass is 10.1. The molecule has 0 fully saturated rings. The minimum Gasteiger partial charge on any atom is -0.227 e. The van der Waals surface area contributed by atoms with Crippen molar-refractivity contribution in [1.29, 1.82) is 0 Å². The van der Waals surface area contributed by atoms with E-state index in [1.807, 2.05) is 0 Å². The highest BCUT2D eigenvalue weighted by molar-refractivity contribution is 6.46. The highest BCUT2D eigenvalue weighted by Gasteiger charge is 2.32. The second-order valence-electron chi connectivity index (χ2n) is 3.78. The van der Waals surface area contributed by atoms with Crippen molar-refractivity contribution in [2.75, 3.05) is 0 Å². The predicted octanol–water partition coefficient (Wildman–Crippen LogP) is 5.87. The van der Waals surface area contributed by atoms with Crippen LogP contribution >= 0.6 is 34.8 Å². The van der Waals surface area contributed by atoms with E-state index in [4.69, 9.17) is 34.8 Å². The van der Waals surface area contributed by atoms with Gasteiger partial charge in [-0.15, -0.1) is 0 Å². The summed E-state index contributed by atoms with van der Waals surface area (Å²) in [6.07, 6.45) is -4.27. The summed E-state index contributed by atoms with van der Waals surface area (Å²) < 4.78 is 51.6. The normalized spacial score (nSPS) is 11.8. The van der Waals surface area contributed by atoms with E-state index >= 15 is 0 Å². The van der Waals surface area contributed by atoms with E-state index in [1.165, 1.54) is 12.1 Å². The third-order valence-corrected chi connectivity index (χ3v) is 3.60. The summed E-state index contributed by atoms with van der Waals surface area (Å²) in [5.74, 6) is -1.12. The molecule has 1 aromatic heterocycles. The minimum absolute atomic E-state index is 0.0283. The Morgan fingerprint density at radius 2 is 1.60 bits per heavy atom. The summed E-state index contributed by atoms with van der Waals surface area (Å²) in [5.41, 5.74) is -1.70. The molecule has 0 bridgehead atoms. The molecule has 0 saturated heterocycles. The lowest BCUT2D eigenvalue weighted by Crippen LogP contribution is -2.07. The molecule has 1 aromatic carbocycles. The van der Waals surface area contributed by atoms with Gasteiger partial charge in [0.1, 0.15) is 0 Å². The Labute approximate surface area is 126 Å². The average Bonchev–Trinajstić information content (AvgIpc) is 2.35. The van der Waals surface area contributed by atoms with Crippen LogP contribution in [-0.2, 0) is 6.18 Å². The standard InChI is InChI=1S/C12H4Cl3F4N/c13-7-1-2-8(14)10(15)9(7)6-3-5(12(17,18)19)4-20-11(6)16/h1-4H. The van der Waals surface area contributed by atoms with Crippen LogP contribution < -0.4 is 0 Å². The van der Waals surface area contributed by atoms with Gasteiger partial charge in [0.05, 0.1) is 20.6 Å². The van der Waals surface area contributed by atoms with Crippen LogP contribution in [0.2, 0.25) is 15.1 Å². The van der Waals surface area contributed by atoms with Crippen LogP contribution in [0, 0.1) is 5.95 Å². The molecule has 0 atom stereocenters. The molecule has 0 amide bonds. The number of hydrogen-bond donors (Lipinski definition) is 0. The van der Waals surface area contributed by atoms with E-state index in [9.17, 15) is 17.6 Å². The number of rotatable bonds is 1. The van der Waals surface area contributed by atoms with Crippen molar-refractivity contribution in [2.24, 2.45) is 0 Å². The van der Waals surface area contributed by atoms with Gasteiger partial charge in [-0.2, -0.15) is 17.6 Å². The van der Waals surface area contributed by atoms with E-state index < -0.39 is 23.3 Å². The number of benzene rings is 1. The van der Waals surface area contributed by atoms with Crippen molar-refractivity contribution in [3.8, 4) is 11.1 Å². The number of hydrogen-bond acceptors (Lipinski definition) is 1. The Bertz CT molecular complexity index is 670. The van der Waals surface area contributed by atoms with Gasteiger partial charge >= 0.3 is 6.18 Å². The predicted molar refractivity (Wildman–Crippen MR) is 69.7 cm³/mol. The largest absolute Gasteiger partial charge is 0.417 e. The van der Waals surface area contributed by atoms with Crippen molar-refractivity contribution in [2.45, 2.75) is 6.18 Å². The Morgan fingerprint density at radius 1 is 1.00 bits per heavy atom. The van der Waals surface area contributed by atoms with E-state index in [1.54, 1.807) is 0 Å². The lowest BCUT2D eigenvalue weighted by molar-refractivity contribution is -0.137. The van der Waals surface area contributed by atoms with Crippen LogP contribution in [0.4, 0.5) is 17.6 Å². The van der Waals surface area contributed by atoms with Crippen LogP contribution in [0.1, 0.15) is 5.56 Å². The smallest absolute Gasteiger partial charge is 0.227 e. The molecule has 106 valence electrons. The molecule has 1 heterocycles. The summed E-state index contributed by atoms with van der Waals surface area (Å²) in [5, 5.41) is -0.124. The van der Waals surface area contributed by atoms with Gasteiger partial charge < -0.3 is 0 Å². The van der Waals surface area contributed by atoms with Crippen LogP contribution in [-0.4, -0.2) is 4.98 Å². The SMILES string of the molecule is Fc1ncc(C(F)(F)F)cc1-c1c(Cl)ccc(Cl)c1Cl. The monoisotopic (exact) mass is 343 g/mol. The van der Waals surface area contributed by atoms with Gasteiger partial charge in [-0.1, -0.05) is 34.8 Å². The fourth-order valence-corrected chi connectivity index (χ4v) is 2.28. The maximum atomic E-state index is 13.7. The molecular formula is C12H4Cl3F4N. The van der Waals surface area contributed by atoms with Gasteiger partial charge in [0, 0.05) is 17.3 Å². The Kier molecular flexibility index (Phi) is 4.14. The second kappa shape index (κ2) is 5.39. The maximum Gasteiger partial charge on any atom is 0.417 e. The first-order chi connectivity index (χ1) is 9.21. The minimum atomic E-state index is -4.66. The van der Waals surface area contributed by atoms with Crippen molar-refractivity contribution in [3.05, 3.63) is 51.0 Å². The molecule has 0 aliphatic heterocycles. The van der Waals surface area contributed by atoms with Crippen molar-refractivity contribution >= 4 is 34.8 Å². The van der Waals surface area contributed by atoms with Gasteiger partial charge in [-0.25, -0.2) is 4.98 Å². The van der Waals surface area contributed by atoms with Crippen molar-refractivity contribution < 1.29 is 17.6 Å². The highest BCUT2D eigenvalue weighted by Crippen LogP contribution is 2.41. The van der Waals surface area contributed by atoms with E-state index in [-0.39, 0.29) is 20.6 Å². The summed E-state index contributed by atoms with van der Waals surface area (Å²) >= 11 is 17.5. The van der Waals surface area contributed by atoms with Gasteiger partial charge in [-0.05, 0) is 18.2 Å². The highest BCUT2D eigenvalue weighted by atomic mass is 35.5. The number of nitrogens with zero attached hydrogens (tertiary/aromatic N) is 1. The van der Waals surface area contributed by atoms with Crippen LogP contribution in [0.25, 0.3) is 11.1 Å². The molecule has 20 heavy (non-hydrogen) atoms. The fraction of sp³-hybridized carbons (Fsp3) is 0.0833. The molecule has 1 nitrogen and oxygen atoms in total. The Balaban J connectivity index is 2.73. The Hall–Kier alpha value is -1.04. The molecule has 0 radical (unpaired) electrons. The van der Waals surface area contributed by atoms with E-state index in [2.05, 4.69) is 4.98 Å². The van der Waals surface area contributed by atoms with Crippen LogP contribution in [0.15, 0.2) is 24.4 Å². The molecule has 0 spiro atoms. The fourth-order valence-electron chi connectivity index (χ4n) is 1.55. The number of halogens is 7. The molecule has 0 N–H and O–H groups in total. The van der Waals surface area contributed by atoms with Crippen LogP contribution in [0.5, 0.6) is 0 Å². The third-order valence-electron chi connectivity index (χ3n) is 2.48. The van der Waals surface area contributed by atoms with Crippen LogP contribution in [0.3, 0.4) is 0 Å². The summed E-state index contributed by atoms with van der Waals surface area (Å²) in [6, 6.07) is 3.26. The molecule has 8 heteroatoms. The maximum absolute atomic E-state index is 13.7. The summed E-state index contributed by atoms with van der Waals surface area (Å²) in [7, 11) is 0. The molecule has 0 unspecified atom stereocenters. The summed E-state index contributed by atoms with van der Waals surface area (Å²) in [6.45, 7) is 0. The van der Waals surface area contributed by atoms with E-state index in [0.29, 0.717) is 12.3 Å².